The maximum absolute atomic E-state index is 14.1. The number of esters is 1. The van der Waals surface area contributed by atoms with E-state index in [0.717, 1.165) is 30.2 Å². The summed E-state index contributed by atoms with van der Waals surface area (Å²) in [7, 11) is 1.11. The Morgan fingerprint density at radius 3 is 2.62 bits per heavy atom. The van der Waals surface area contributed by atoms with Crippen molar-refractivity contribution in [2.45, 2.75) is 18.8 Å². The van der Waals surface area contributed by atoms with Gasteiger partial charge in [0.1, 0.15) is 6.17 Å². The molecule has 6 nitrogen and oxygen atoms in total. The number of hydrogen-bond acceptors (Lipinski definition) is 4. The Bertz CT molecular complexity index is 681. The molecule has 1 aromatic rings. The molecule has 1 heterocycles. The van der Waals surface area contributed by atoms with Crippen molar-refractivity contribution in [2.75, 3.05) is 32.1 Å². The topological polar surface area (TPSA) is 78.9 Å². The molecule has 1 amide bonds. The van der Waals surface area contributed by atoms with Gasteiger partial charge in [-0.3, -0.25) is 0 Å². The first-order valence-corrected chi connectivity index (χ1v) is 7.79. The zero-order valence-corrected chi connectivity index (χ0v) is 13.8. The quantitative estimate of drug-likeness (QED) is 0.621. The Morgan fingerprint density at radius 1 is 1.38 bits per heavy atom. The maximum Gasteiger partial charge on any atom is 0.418 e. The first-order valence-electron chi connectivity index (χ1n) is 7.79. The lowest BCUT2D eigenvalue weighted by Crippen LogP contribution is -2.46. The molecule has 0 aliphatic carbocycles. The number of alkyl halides is 4. The number of nitrogens with zero attached hydrogens (tertiary/aromatic N) is 1. The number of carbonyl (C=O) groups excluding carboxylic acids is 1. The monoisotopic (exact) mass is 378 g/mol. The van der Waals surface area contributed by atoms with E-state index in [0.29, 0.717) is 0 Å². The lowest BCUT2D eigenvalue weighted by atomic mass is 9.94. The van der Waals surface area contributed by atoms with Gasteiger partial charge in [0.2, 0.25) is 0 Å². The Balaban J connectivity index is 2.14. The fraction of sp³-hybridized carbons (Fsp3) is 0.500. The van der Waals surface area contributed by atoms with Gasteiger partial charge in [0, 0.05) is 24.7 Å². The summed E-state index contributed by atoms with van der Waals surface area (Å²) in [4.78, 5) is 23.3. The summed E-state index contributed by atoms with van der Waals surface area (Å²) >= 11 is 0. The van der Waals surface area contributed by atoms with Crippen LogP contribution in [-0.2, 0) is 10.9 Å². The van der Waals surface area contributed by atoms with Gasteiger partial charge in [-0.1, -0.05) is 0 Å². The highest BCUT2D eigenvalue weighted by Gasteiger charge is 2.35. The molecule has 0 saturated carbocycles. The predicted molar refractivity (Wildman–Crippen MR) is 83.9 cm³/mol. The minimum atomic E-state index is -4.65. The summed E-state index contributed by atoms with van der Waals surface area (Å²) in [6.07, 6.45) is -7.20. The average Bonchev–Trinajstić information content (AvgIpc) is 2.58. The van der Waals surface area contributed by atoms with E-state index in [-0.39, 0.29) is 37.3 Å². The van der Waals surface area contributed by atoms with Gasteiger partial charge < -0.3 is 20.1 Å². The van der Waals surface area contributed by atoms with Crippen LogP contribution in [0.3, 0.4) is 0 Å². The average molecular weight is 378 g/mol. The van der Waals surface area contributed by atoms with E-state index in [9.17, 15) is 27.2 Å². The van der Waals surface area contributed by atoms with Crippen molar-refractivity contribution in [3.63, 3.8) is 0 Å². The number of nitrogens with one attached hydrogen (secondary N) is 1. The third-order valence-corrected chi connectivity index (χ3v) is 4.25. The summed E-state index contributed by atoms with van der Waals surface area (Å²) in [5.41, 5.74) is -1.41. The van der Waals surface area contributed by atoms with Crippen molar-refractivity contribution < 1.29 is 37.0 Å². The summed E-state index contributed by atoms with van der Waals surface area (Å²) in [6, 6.07) is 2.77. The molecule has 1 saturated heterocycles. The third kappa shape index (κ3) is 4.55. The number of ether oxygens (including phenoxy) is 1. The van der Waals surface area contributed by atoms with Crippen LogP contribution in [0.4, 0.5) is 28.0 Å². The third-order valence-electron chi connectivity index (χ3n) is 4.25. The second-order valence-electron chi connectivity index (χ2n) is 5.92. The summed E-state index contributed by atoms with van der Waals surface area (Å²) in [5, 5.41) is 11.4. The highest BCUT2D eigenvalue weighted by molar-refractivity contribution is 5.90. The van der Waals surface area contributed by atoms with Crippen LogP contribution in [0.15, 0.2) is 18.2 Å². The molecule has 2 atom stereocenters. The molecule has 2 rings (SSSR count). The van der Waals surface area contributed by atoms with E-state index in [2.05, 4.69) is 10.1 Å². The molecule has 26 heavy (non-hydrogen) atoms. The zero-order chi connectivity index (χ0) is 19.5. The Labute approximate surface area is 146 Å². The molecule has 144 valence electrons. The lowest BCUT2D eigenvalue weighted by molar-refractivity contribution is -0.137. The van der Waals surface area contributed by atoms with Crippen LogP contribution in [0.2, 0.25) is 0 Å². The van der Waals surface area contributed by atoms with Crippen LogP contribution in [0.1, 0.15) is 22.3 Å². The number of anilines is 1. The lowest BCUT2D eigenvalue weighted by Gasteiger charge is -2.33. The normalized spacial score (nSPS) is 20.6. The van der Waals surface area contributed by atoms with E-state index >= 15 is 0 Å². The molecule has 1 aliphatic rings. The van der Waals surface area contributed by atoms with E-state index in [1.165, 1.54) is 0 Å². The van der Waals surface area contributed by atoms with Crippen molar-refractivity contribution >= 4 is 17.7 Å². The van der Waals surface area contributed by atoms with Crippen molar-refractivity contribution in [1.82, 2.24) is 4.90 Å². The van der Waals surface area contributed by atoms with Crippen LogP contribution in [0.5, 0.6) is 0 Å². The summed E-state index contributed by atoms with van der Waals surface area (Å²) in [5.74, 6) is -1.44. The van der Waals surface area contributed by atoms with E-state index in [1.807, 2.05) is 0 Å². The first-order chi connectivity index (χ1) is 12.1. The molecule has 2 unspecified atom stereocenters. The number of carboxylic acid groups (broad SMARTS) is 1. The van der Waals surface area contributed by atoms with E-state index in [1.54, 1.807) is 0 Å². The molecular formula is C16H18F4N2O4. The standard InChI is InChI=1S/C16H18F4N2O4/c1-26-14(23)9-2-3-11(16(18,19)20)13(6-9)21-7-10-4-5-22(15(24)25)8-12(10)17/h2-3,6,10,12,21H,4-5,7-8H2,1H3,(H,24,25). The highest BCUT2D eigenvalue weighted by atomic mass is 19.4. The number of carbonyl (C=O) groups is 2. The van der Waals surface area contributed by atoms with Crippen LogP contribution in [-0.4, -0.2) is 55.0 Å². The minimum Gasteiger partial charge on any atom is -0.465 e. The summed E-state index contributed by atoms with van der Waals surface area (Å²) in [6.45, 7) is -0.339. The number of hydrogen-bond donors (Lipinski definition) is 2. The second-order valence-corrected chi connectivity index (χ2v) is 5.92. The van der Waals surface area contributed by atoms with Crippen molar-refractivity contribution in [1.29, 1.82) is 0 Å². The van der Waals surface area contributed by atoms with Crippen LogP contribution in [0.25, 0.3) is 0 Å². The Hall–Kier alpha value is -2.52. The van der Waals surface area contributed by atoms with Gasteiger partial charge in [0.05, 0.1) is 24.8 Å². The van der Waals surface area contributed by atoms with Crippen LogP contribution in [0, 0.1) is 5.92 Å². The minimum absolute atomic E-state index is 0.0690. The van der Waals surface area contributed by atoms with Gasteiger partial charge in [-0.2, -0.15) is 13.2 Å². The molecule has 10 heteroatoms. The van der Waals surface area contributed by atoms with Gasteiger partial charge in [-0.25, -0.2) is 14.0 Å². The van der Waals surface area contributed by atoms with Gasteiger partial charge in [-0.15, -0.1) is 0 Å². The van der Waals surface area contributed by atoms with E-state index < -0.39 is 35.9 Å². The second kappa shape index (κ2) is 7.79. The number of benzene rings is 1. The number of likely N-dealkylation sites (tertiary alicyclic amines) is 1. The molecule has 0 spiro atoms. The molecule has 0 aromatic heterocycles. The van der Waals surface area contributed by atoms with Gasteiger partial charge >= 0.3 is 18.2 Å². The molecular weight excluding hydrogens is 360 g/mol. The Morgan fingerprint density at radius 2 is 2.08 bits per heavy atom. The van der Waals surface area contributed by atoms with Crippen molar-refractivity contribution in [3.05, 3.63) is 29.3 Å². The smallest absolute Gasteiger partial charge is 0.418 e. The molecule has 1 fully saturated rings. The van der Waals surface area contributed by atoms with E-state index in [4.69, 9.17) is 5.11 Å². The largest absolute Gasteiger partial charge is 0.465 e. The Kier molecular flexibility index (Phi) is 5.94. The fourth-order valence-electron chi connectivity index (χ4n) is 2.78. The van der Waals surface area contributed by atoms with Crippen molar-refractivity contribution in [3.8, 4) is 0 Å². The zero-order valence-electron chi connectivity index (χ0n) is 13.8. The predicted octanol–water partition coefficient (Wildman–Crippen LogP) is 3.24. The molecule has 0 radical (unpaired) electrons. The molecule has 1 aliphatic heterocycles. The number of piperidine rings is 1. The molecule has 0 bridgehead atoms. The number of halogens is 4. The number of amides is 1. The molecule has 2 N–H and O–H groups in total. The number of rotatable bonds is 4. The van der Waals surface area contributed by atoms with Crippen molar-refractivity contribution in [2.24, 2.45) is 5.92 Å². The first kappa shape index (κ1) is 19.8. The van der Waals surface area contributed by atoms with Gasteiger partial charge in [0.25, 0.3) is 0 Å². The number of methoxy groups -OCH3 is 1. The van der Waals surface area contributed by atoms with Gasteiger partial charge in [0.15, 0.2) is 0 Å². The SMILES string of the molecule is COC(=O)c1ccc(C(F)(F)F)c(NCC2CCN(C(=O)O)CC2F)c1. The van der Waals surface area contributed by atoms with Crippen LogP contribution < -0.4 is 5.32 Å². The maximum atomic E-state index is 14.1. The summed E-state index contributed by atoms with van der Waals surface area (Å²) < 4.78 is 58.0. The highest BCUT2D eigenvalue weighted by Crippen LogP contribution is 2.36. The van der Waals surface area contributed by atoms with Gasteiger partial charge in [-0.05, 0) is 24.6 Å². The van der Waals surface area contributed by atoms with Crippen LogP contribution >= 0.6 is 0 Å². The molecule has 1 aromatic carbocycles. The fourth-order valence-corrected chi connectivity index (χ4v) is 2.78.